The quantitative estimate of drug-likeness (QED) is 0.0279. The van der Waals surface area contributed by atoms with Crippen molar-refractivity contribution in [2.24, 2.45) is 11.8 Å². The maximum Gasteiger partial charge on any atom is 0.481 e. The molecule has 12 atom stereocenters. The third kappa shape index (κ3) is 24.5. The lowest BCUT2D eigenvalue weighted by Gasteiger charge is -2.40. The smallest absolute Gasteiger partial charge is 0.461 e. The van der Waals surface area contributed by atoms with Gasteiger partial charge in [0.25, 0.3) is 0 Å². The summed E-state index contributed by atoms with van der Waals surface area (Å²) < 4.78 is 58.7. The van der Waals surface area contributed by atoms with Gasteiger partial charge in [0.15, 0.2) is 6.10 Å². The molecule has 3 heterocycles. The number of anilines is 1. The van der Waals surface area contributed by atoms with Gasteiger partial charge in [-0.15, -0.1) is 0 Å². The molecule has 404 valence electrons. The van der Waals surface area contributed by atoms with Crippen molar-refractivity contribution in [3.8, 4) is 0 Å². The van der Waals surface area contributed by atoms with Crippen molar-refractivity contribution in [1.29, 1.82) is 0 Å². The predicted molar refractivity (Wildman–Crippen MR) is 263 cm³/mol. The lowest BCUT2D eigenvalue weighted by molar-refractivity contribution is -0.194. The molecule has 2 aliphatic heterocycles. The molecular formula is C48H79N3O18P2. The number of hydrogen-bond donors (Lipinski definition) is 8. The highest BCUT2D eigenvalue weighted by molar-refractivity contribution is 7.61. The molecule has 0 saturated carbocycles. The average Bonchev–Trinajstić information content (AvgIpc) is 3.30. The van der Waals surface area contributed by atoms with Gasteiger partial charge in [-0.05, 0) is 57.4 Å². The average molecular weight is 1050 g/mol. The monoisotopic (exact) mass is 1050 g/mol. The van der Waals surface area contributed by atoms with E-state index in [0.29, 0.717) is 19.3 Å². The molecule has 3 rings (SSSR count). The standard InChI is InChI=1S/C48H79N3O18P2/c1-3-5-7-8-9-10-11-12-13-14-15-16-17-18-20-26-44(56)67-36-32-64-43(55)25-22-21-24-38-40(54)31-39(53)37(28-27-35(52)23-19-6-4-2)45(57)46(58)41(34-66-71(62,63)69-70(60,61)65-33-36)68-47(38)51-30-29-42(49)50-48(51)59/h9-10,12-13,21-22,27-30,35-41,45-47,52-54,57-58H,3-8,11,14-20,23-26,31-34H2,1-2H3,(H,60,61)(H,62,63)(H2,49,50,59)/b10-9-,13-12-,22-21-,28-27?/t35-,36-,37+,38-,39-,40+,41-,45+,46-,47-/m1/s1. The van der Waals surface area contributed by atoms with E-state index in [4.69, 9.17) is 29.0 Å². The number of phosphoric ester groups is 2. The molecular weight excluding hydrogens is 968 g/mol. The van der Waals surface area contributed by atoms with Crippen LogP contribution >= 0.6 is 15.6 Å². The number of ether oxygens (including phenoxy) is 3. The Labute approximate surface area is 417 Å². The summed E-state index contributed by atoms with van der Waals surface area (Å²) >= 11 is 0. The Balaban J connectivity index is 1.82. The van der Waals surface area contributed by atoms with Crippen LogP contribution in [0.1, 0.15) is 142 Å². The minimum atomic E-state index is -5.70. The first-order valence-corrected chi connectivity index (χ1v) is 27.9. The molecule has 2 aliphatic rings. The van der Waals surface area contributed by atoms with E-state index in [-0.39, 0.29) is 18.7 Å². The number of unbranched alkanes of at least 4 members (excludes halogenated alkanes) is 10. The van der Waals surface area contributed by atoms with Crippen LogP contribution in [0.15, 0.2) is 65.7 Å². The van der Waals surface area contributed by atoms with Gasteiger partial charge < -0.3 is 55.3 Å². The number of rotatable bonds is 22. The molecule has 0 spiro atoms. The largest absolute Gasteiger partial charge is 0.481 e. The second-order valence-corrected chi connectivity index (χ2v) is 21.0. The lowest BCUT2D eigenvalue weighted by Crippen LogP contribution is -2.52. The SMILES string of the molecule is CCCCC/C=C\C/C=C\CCCCCCCC(=O)O[C@@H]1COC(=O)C/C=C\C[C@H]2[C@H](n3ccc(N)nc3=O)O[C@H](COP(=O)(O)OP(=O)(O)OC1)[C@@H](O)[C@@H](O)[C@@H](C=C[C@H](O)CCCCC)[C@H](O)C[C@@H]2O. The van der Waals surface area contributed by atoms with Crippen molar-refractivity contribution < 1.29 is 81.6 Å². The number of nitrogens with two attached hydrogens (primary N) is 1. The van der Waals surface area contributed by atoms with Crippen molar-refractivity contribution in [1.82, 2.24) is 9.55 Å². The molecule has 2 bridgehead atoms. The number of esters is 2. The van der Waals surface area contributed by atoms with Crippen LogP contribution in [0, 0.1) is 11.8 Å². The number of fused-ring (bicyclic) bond motifs is 3. The van der Waals surface area contributed by atoms with E-state index in [2.05, 4.69) is 40.5 Å². The molecule has 21 nitrogen and oxygen atoms in total. The maximum atomic E-state index is 13.3. The highest BCUT2D eigenvalue weighted by Crippen LogP contribution is 2.60. The van der Waals surface area contributed by atoms with Crippen LogP contribution in [0.25, 0.3) is 0 Å². The number of hydrogen-bond acceptors (Lipinski definition) is 18. The van der Waals surface area contributed by atoms with Gasteiger partial charge >= 0.3 is 33.3 Å². The number of carbonyl (C=O) groups excluding carboxylic acids is 2. The third-order valence-electron chi connectivity index (χ3n) is 12.0. The third-order valence-corrected chi connectivity index (χ3v) is 14.6. The Morgan fingerprint density at radius 2 is 1.51 bits per heavy atom. The molecule has 0 aliphatic carbocycles. The number of aliphatic hydroxyl groups excluding tert-OH is 5. The summed E-state index contributed by atoms with van der Waals surface area (Å²) in [7, 11) is -11.3. The Bertz CT molecular complexity index is 2000. The summed E-state index contributed by atoms with van der Waals surface area (Å²) in [6, 6.07) is 1.22. The number of aliphatic hydroxyl groups is 5. The number of phosphoric acid groups is 2. The van der Waals surface area contributed by atoms with Crippen molar-refractivity contribution in [2.45, 2.75) is 185 Å². The number of cyclic esters (lactones) is 1. The Morgan fingerprint density at radius 3 is 2.20 bits per heavy atom. The van der Waals surface area contributed by atoms with Gasteiger partial charge in [-0.1, -0.05) is 114 Å². The van der Waals surface area contributed by atoms with E-state index in [1.807, 2.05) is 6.92 Å². The molecule has 1 aromatic rings. The zero-order valence-electron chi connectivity index (χ0n) is 41.1. The van der Waals surface area contributed by atoms with Gasteiger partial charge in [-0.2, -0.15) is 9.29 Å². The number of carbonyl (C=O) groups is 2. The second-order valence-electron chi connectivity index (χ2n) is 17.9. The van der Waals surface area contributed by atoms with E-state index in [0.717, 1.165) is 68.6 Å². The molecule has 2 unspecified atom stereocenters. The summed E-state index contributed by atoms with van der Waals surface area (Å²) in [6.07, 6.45) is 14.0. The molecule has 1 fully saturated rings. The first-order chi connectivity index (χ1) is 33.9. The normalized spacial score (nSPS) is 30.9. The number of allylic oxidation sites excluding steroid dienone is 5. The Hall–Kier alpha value is -3.40. The van der Waals surface area contributed by atoms with Crippen molar-refractivity contribution in [3.63, 3.8) is 0 Å². The number of nitrogen functional groups attached to an aromatic ring is 1. The van der Waals surface area contributed by atoms with Gasteiger partial charge in [0.1, 0.15) is 30.9 Å². The molecule has 9 N–H and O–H groups in total. The summed E-state index contributed by atoms with van der Waals surface area (Å²) in [6.45, 7) is 1.35. The zero-order chi connectivity index (χ0) is 52.2. The molecule has 0 radical (unpaired) electrons. The van der Waals surface area contributed by atoms with E-state index in [9.17, 15) is 58.8 Å². The van der Waals surface area contributed by atoms with Gasteiger partial charge in [-0.25, -0.2) is 13.9 Å². The first kappa shape index (κ1) is 61.9. The summed E-state index contributed by atoms with van der Waals surface area (Å²) in [4.78, 5) is 64.1. The van der Waals surface area contributed by atoms with E-state index < -0.39 is 127 Å². The zero-order valence-corrected chi connectivity index (χ0v) is 42.9. The minimum Gasteiger partial charge on any atom is -0.461 e. The fraction of sp³-hybridized carbons (Fsp3) is 0.708. The van der Waals surface area contributed by atoms with Gasteiger partial charge in [-0.3, -0.25) is 23.2 Å². The predicted octanol–water partition coefficient (Wildman–Crippen LogP) is 6.16. The fourth-order valence-electron chi connectivity index (χ4n) is 7.95. The minimum absolute atomic E-state index is 0.0317. The second kappa shape index (κ2) is 33.4. The summed E-state index contributed by atoms with van der Waals surface area (Å²) in [5.41, 5.74) is 4.73. The highest BCUT2D eigenvalue weighted by Gasteiger charge is 2.45. The van der Waals surface area contributed by atoms with Gasteiger partial charge in [0.05, 0.1) is 44.1 Å². The topological polar surface area (TPSA) is 326 Å². The van der Waals surface area contributed by atoms with Crippen molar-refractivity contribution >= 4 is 33.4 Å². The van der Waals surface area contributed by atoms with Crippen LogP contribution in [0.2, 0.25) is 0 Å². The molecule has 23 heteroatoms. The Morgan fingerprint density at radius 1 is 0.859 bits per heavy atom. The number of nitrogens with zero attached hydrogens (tertiary/aromatic N) is 2. The van der Waals surface area contributed by atoms with E-state index in [1.165, 1.54) is 49.6 Å². The van der Waals surface area contributed by atoms with Crippen LogP contribution in [0.5, 0.6) is 0 Å². The number of aromatic nitrogens is 2. The molecule has 1 aromatic heterocycles. The molecule has 1 saturated heterocycles. The highest BCUT2D eigenvalue weighted by atomic mass is 31.3. The molecule has 0 aromatic carbocycles. The van der Waals surface area contributed by atoms with E-state index >= 15 is 0 Å². The fourth-order valence-corrected chi connectivity index (χ4v) is 10.1. The summed E-state index contributed by atoms with van der Waals surface area (Å²) in [5, 5.41) is 57.3. The van der Waals surface area contributed by atoms with Crippen LogP contribution in [-0.4, -0.2) is 119 Å². The van der Waals surface area contributed by atoms with Crippen LogP contribution in [0.3, 0.4) is 0 Å². The summed E-state index contributed by atoms with van der Waals surface area (Å²) in [5.74, 6) is -4.46. The molecule has 0 amide bonds. The van der Waals surface area contributed by atoms with Crippen molar-refractivity contribution in [3.05, 3.63) is 71.4 Å². The first-order valence-electron chi connectivity index (χ1n) is 24.9. The van der Waals surface area contributed by atoms with Gasteiger partial charge in [0.2, 0.25) is 0 Å². The maximum absolute atomic E-state index is 13.3. The van der Waals surface area contributed by atoms with E-state index in [1.54, 1.807) is 0 Å². The van der Waals surface area contributed by atoms with Crippen LogP contribution in [-0.2, 0) is 46.3 Å². The Kier molecular flexibility index (Phi) is 29.1. The lowest BCUT2D eigenvalue weighted by atomic mass is 9.82. The van der Waals surface area contributed by atoms with Crippen LogP contribution < -0.4 is 11.4 Å². The van der Waals surface area contributed by atoms with Gasteiger partial charge in [0, 0.05) is 30.9 Å². The molecule has 71 heavy (non-hydrogen) atoms. The van der Waals surface area contributed by atoms with Crippen LogP contribution in [0.4, 0.5) is 5.82 Å². The van der Waals surface area contributed by atoms with Crippen molar-refractivity contribution in [2.75, 3.05) is 25.6 Å².